The van der Waals surface area contributed by atoms with Gasteiger partial charge in [0, 0.05) is 12.1 Å². The first-order valence-corrected chi connectivity index (χ1v) is 7.07. The molecule has 0 bridgehead atoms. The molecule has 0 atom stereocenters. The summed E-state index contributed by atoms with van der Waals surface area (Å²) < 4.78 is 0. The summed E-state index contributed by atoms with van der Waals surface area (Å²) >= 11 is 0. The van der Waals surface area contributed by atoms with Crippen LogP contribution in [0.25, 0.3) is 0 Å². The van der Waals surface area contributed by atoms with E-state index >= 15 is 0 Å². The molecule has 0 N–H and O–H groups in total. The Labute approximate surface area is 110 Å². The molecule has 1 aromatic carbocycles. The van der Waals surface area contributed by atoms with Crippen LogP contribution in [0.2, 0.25) is 0 Å². The van der Waals surface area contributed by atoms with Crippen LogP contribution in [0.4, 0.5) is 0 Å². The Bertz CT molecular complexity index is 392. The highest BCUT2D eigenvalue weighted by Gasteiger charge is 2.24. The summed E-state index contributed by atoms with van der Waals surface area (Å²) in [5.74, 6) is 1.10. The van der Waals surface area contributed by atoms with Crippen molar-refractivity contribution in [2.24, 2.45) is 5.92 Å². The van der Waals surface area contributed by atoms with Crippen molar-refractivity contribution in [2.75, 3.05) is 19.6 Å². The molecule has 0 saturated heterocycles. The highest BCUT2D eigenvalue weighted by atomic mass is 16.1. The van der Waals surface area contributed by atoms with Crippen LogP contribution in [0.3, 0.4) is 0 Å². The maximum atomic E-state index is 12.2. The molecule has 0 radical (unpaired) electrons. The molecule has 1 aliphatic rings. The Hall–Kier alpha value is -1.15. The first-order valence-electron chi connectivity index (χ1n) is 7.07. The van der Waals surface area contributed by atoms with E-state index in [1.54, 1.807) is 0 Å². The molecule has 18 heavy (non-hydrogen) atoms. The van der Waals surface area contributed by atoms with E-state index in [9.17, 15) is 4.79 Å². The Morgan fingerprint density at radius 1 is 1.22 bits per heavy atom. The van der Waals surface area contributed by atoms with Gasteiger partial charge >= 0.3 is 0 Å². The summed E-state index contributed by atoms with van der Waals surface area (Å²) in [5.41, 5.74) is 2.14. The van der Waals surface area contributed by atoms with Gasteiger partial charge in [-0.2, -0.15) is 0 Å². The van der Waals surface area contributed by atoms with E-state index in [-0.39, 0.29) is 5.78 Å². The van der Waals surface area contributed by atoms with Crippen LogP contribution in [-0.4, -0.2) is 30.3 Å². The summed E-state index contributed by atoms with van der Waals surface area (Å²) in [6, 6.07) is 8.05. The Morgan fingerprint density at radius 3 is 2.39 bits per heavy atom. The molecule has 1 aromatic rings. The number of benzene rings is 1. The van der Waals surface area contributed by atoms with E-state index in [4.69, 9.17) is 0 Å². The van der Waals surface area contributed by atoms with Gasteiger partial charge < -0.3 is 0 Å². The molecular formula is C16H23NO. The van der Waals surface area contributed by atoms with Gasteiger partial charge in [0.1, 0.15) is 0 Å². The van der Waals surface area contributed by atoms with Crippen LogP contribution in [0, 0.1) is 5.92 Å². The number of Topliss-reactive ketones (excluding diaryl/α,β-unsaturated/α-hetero) is 1. The molecule has 0 aromatic heterocycles. The summed E-state index contributed by atoms with van der Waals surface area (Å²) in [6.45, 7) is 6.89. The Morgan fingerprint density at radius 2 is 1.89 bits per heavy atom. The third kappa shape index (κ3) is 3.67. The lowest BCUT2D eigenvalue weighted by atomic mass is 10.1. The lowest BCUT2D eigenvalue weighted by Gasteiger charge is -2.19. The van der Waals surface area contributed by atoms with Crippen molar-refractivity contribution >= 4 is 5.78 Å². The Balaban J connectivity index is 1.91. The topological polar surface area (TPSA) is 20.3 Å². The number of carbonyl (C=O) groups excluding carboxylic acids is 1. The zero-order valence-electron chi connectivity index (χ0n) is 11.5. The van der Waals surface area contributed by atoms with Gasteiger partial charge in [0.15, 0.2) is 5.78 Å². The minimum atomic E-state index is 0.250. The lowest BCUT2D eigenvalue weighted by Crippen LogP contribution is -2.31. The quantitative estimate of drug-likeness (QED) is 0.688. The molecule has 2 nitrogen and oxygen atoms in total. The van der Waals surface area contributed by atoms with E-state index in [1.165, 1.54) is 18.4 Å². The van der Waals surface area contributed by atoms with Gasteiger partial charge in [-0.15, -0.1) is 0 Å². The first-order chi connectivity index (χ1) is 8.72. The highest BCUT2D eigenvalue weighted by molar-refractivity contribution is 5.97. The van der Waals surface area contributed by atoms with Crippen molar-refractivity contribution in [1.29, 1.82) is 0 Å². The van der Waals surface area contributed by atoms with Crippen molar-refractivity contribution < 1.29 is 4.79 Å². The predicted octanol–water partition coefficient (Wildman–Crippen LogP) is 3.16. The fraction of sp³-hybridized carbons (Fsp3) is 0.562. The third-order valence-corrected chi connectivity index (χ3v) is 3.71. The number of hydrogen-bond donors (Lipinski definition) is 0. The summed E-state index contributed by atoms with van der Waals surface area (Å²) in [5, 5.41) is 0. The number of nitrogens with zero attached hydrogens (tertiary/aromatic N) is 1. The van der Waals surface area contributed by atoms with Gasteiger partial charge in [-0.3, -0.25) is 9.69 Å². The second-order valence-electron chi connectivity index (χ2n) is 5.24. The normalized spacial score (nSPS) is 15.1. The fourth-order valence-electron chi connectivity index (χ4n) is 2.19. The smallest absolute Gasteiger partial charge is 0.176 e. The van der Waals surface area contributed by atoms with Gasteiger partial charge in [0.05, 0.1) is 6.54 Å². The molecular weight excluding hydrogens is 222 g/mol. The van der Waals surface area contributed by atoms with Crippen molar-refractivity contribution in [3.8, 4) is 0 Å². The van der Waals surface area contributed by atoms with E-state index < -0.39 is 0 Å². The molecule has 98 valence electrons. The maximum Gasteiger partial charge on any atom is 0.176 e. The molecule has 1 saturated carbocycles. The van der Waals surface area contributed by atoms with Crippen LogP contribution >= 0.6 is 0 Å². The van der Waals surface area contributed by atoms with E-state index in [0.29, 0.717) is 6.54 Å². The second kappa shape index (κ2) is 6.14. The van der Waals surface area contributed by atoms with Gasteiger partial charge in [0.2, 0.25) is 0 Å². The van der Waals surface area contributed by atoms with Crippen LogP contribution in [-0.2, 0) is 6.42 Å². The molecule has 0 aliphatic heterocycles. The number of ketones is 1. The summed E-state index contributed by atoms with van der Waals surface area (Å²) in [6.07, 6.45) is 3.71. The summed E-state index contributed by atoms with van der Waals surface area (Å²) in [7, 11) is 0. The fourth-order valence-corrected chi connectivity index (χ4v) is 2.19. The SMILES string of the molecule is CCc1ccc(C(=O)CN(CC)CC2CC2)cc1. The van der Waals surface area contributed by atoms with Crippen LogP contribution in [0.15, 0.2) is 24.3 Å². The molecule has 2 rings (SSSR count). The van der Waals surface area contributed by atoms with E-state index in [0.717, 1.165) is 31.0 Å². The number of hydrogen-bond acceptors (Lipinski definition) is 2. The average Bonchev–Trinajstić information content (AvgIpc) is 3.22. The minimum Gasteiger partial charge on any atom is -0.296 e. The average molecular weight is 245 g/mol. The standard InChI is InChI=1S/C16H23NO/c1-3-13-7-9-15(10-8-13)16(18)12-17(4-2)11-14-5-6-14/h7-10,14H,3-6,11-12H2,1-2H3. The summed E-state index contributed by atoms with van der Waals surface area (Å²) in [4.78, 5) is 14.4. The van der Waals surface area contributed by atoms with Gasteiger partial charge in [-0.25, -0.2) is 0 Å². The monoisotopic (exact) mass is 245 g/mol. The number of likely N-dealkylation sites (N-methyl/N-ethyl adjacent to an activating group) is 1. The second-order valence-corrected chi connectivity index (χ2v) is 5.24. The number of carbonyl (C=O) groups is 1. The van der Waals surface area contributed by atoms with Crippen molar-refractivity contribution in [1.82, 2.24) is 4.90 Å². The molecule has 0 heterocycles. The molecule has 1 aliphatic carbocycles. The zero-order valence-corrected chi connectivity index (χ0v) is 11.5. The highest BCUT2D eigenvalue weighted by Crippen LogP contribution is 2.29. The Kier molecular flexibility index (Phi) is 4.54. The van der Waals surface area contributed by atoms with Crippen molar-refractivity contribution in [2.45, 2.75) is 33.1 Å². The zero-order chi connectivity index (χ0) is 13.0. The molecule has 0 amide bonds. The van der Waals surface area contributed by atoms with Crippen LogP contribution in [0.5, 0.6) is 0 Å². The molecule has 0 unspecified atom stereocenters. The van der Waals surface area contributed by atoms with Gasteiger partial charge in [-0.1, -0.05) is 38.1 Å². The first kappa shape index (κ1) is 13.3. The third-order valence-electron chi connectivity index (χ3n) is 3.71. The molecule has 0 spiro atoms. The van der Waals surface area contributed by atoms with E-state index in [2.05, 4.69) is 30.9 Å². The molecule has 1 fully saturated rings. The van der Waals surface area contributed by atoms with Crippen LogP contribution in [0.1, 0.15) is 42.6 Å². The van der Waals surface area contributed by atoms with Crippen molar-refractivity contribution in [3.63, 3.8) is 0 Å². The molecule has 2 heteroatoms. The van der Waals surface area contributed by atoms with Gasteiger partial charge in [-0.05, 0) is 37.3 Å². The number of rotatable bonds is 7. The number of aryl methyl sites for hydroxylation is 1. The minimum absolute atomic E-state index is 0.250. The van der Waals surface area contributed by atoms with E-state index in [1.807, 2.05) is 12.1 Å². The van der Waals surface area contributed by atoms with Crippen molar-refractivity contribution in [3.05, 3.63) is 35.4 Å². The lowest BCUT2D eigenvalue weighted by molar-refractivity contribution is 0.0931. The van der Waals surface area contributed by atoms with Gasteiger partial charge in [0.25, 0.3) is 0 Å². The maximum absolute atomic E-state index is 12.2. The largest absolute Gasteiger partial charge is 0.296 e. The van der Waals surface area contributed by atoms with Crippen LogP contribution < -0.4 is 0 Å². The predicted molar refractivity (Wildman–Crippen MR) is 75.0 cm³/mol.